The zero-order chi connectivity index (χ0) is 14.0. The summed E-state index contributed by atoms with van der Waals surface area (Å²) in [6, 6.07) is 2.73. The van der Waals surface area contributed by atoms with Gasteiger partial charge in [-0.25, -0.2) is 14.0 Å². The minimum Gasteiger partial charge on any atom is -0.478 e. The van der Waals surface area contributed by atoms with Crippen LogP contribution in [-0.2, 0) is 0 Å². The van der Waals surface area contributed by atoms with Gasteiger partial charge in [0.2, 0.25) is 0 Å². The Bertz CT molecular complexity index is 520. The van der Waals surface area contributed by atoms with Crippen LogP contribution in [0.5, 0.6) is 0 Å². The monoisotopic (exact) mass is 268 g/mol. The van der Waals surface area contributed by atoms with Crippen LogP contribution in [0.25, 0.3) is 0 Å². The number of carboxylic acid groups (broad SMARTS) is 1. The number of carboxylic acids is 1. The molecule has 1 aliphatic heterocycles. The Morgan fingerprint density at radius 1 is 1.42 bits per heavy atom. The third-order valence-corrected chi connectivity index (χ3v) is 2.91. The number of hydrogen-bond acceptors (Lipinski definition) is 3. The third-order valence-electron chi connectivity index (χ3n) is 2.91. The molecule has 1 heterocycles. The largest absolute Gasteiger partial charge is 0.478 e. The second-order valence-corrected chi connectivity index (χ2v) is 4.32. The number of nitrogens with one attached hydrogen (secondary N) is 1. The number of carbonyl (C=O) groups is 2. The molecule has 1 saturated heterocycles. The summed E-state index contributed by atoms with van der Waals surface area (Å²) >= 11 is 0. The quantitative estimate of drug-likeness (QED) is 0.749. The van der Waals surface area contributed by atoms with Crippen LogP contribution in [0.4, 0.5) is 14.9 Å². The number of aliphatic hydroxyl groups excluding tert-OH is 1. The van der Waals surface area contributed by atoms with Gasteiger partial charge in [-0.2, -0.15) is 0 Å². The Labute approximate surface area is 108 Å². The Balaban J connectivity index is 2.07. The van der Waals surface area contributed by atoms with Crippen molar-refractivity contribution in [2.45, 2.75) is 12.5 Å². The first-order valence-corrected chi connectivity index (χ1v) is 5.74. The lowest BCUT2D eigenvalue weighted by atomic mass is 10.2. The van der Waals surface area contributed by atoms with Crippen molar-refractivity contribution in [3.8, 4) is 0 Å². The molecule has 0 aliphatic carbocycles. The molecule has 1 aromatic rings. The molecule has 102 valence electrons. The fraction of sp³-hybridized carbons (Fsp3) is 0.333. The molecule has 2 amide bonds. The van der Waals surface area contributed by atoms with Gasteiger partial charge in [-0.1, -0.05) is 0 Å². The first-order valence-electron chi connectivity index (χ1n) is 5.74. The van der Waals surface area contributed by atoms with E-state index in [4.69, 9.17) is 5.11 Å². The van der Waals surface area contributed by atoms with Gasteiger partial charge in [-0.15, -0.1) is 0 Å². The summed E-state index contributed by atoms with van der Waals surface area (Å²) < 4.78 is 13.6. The van der Waals surface area contributed by atoms with E-state index in [0.717, 1.165) is 6.07 Å². The molecule has 0 spiro atoms. The minimum atomic E-state index is -1.24. The van der Waals surface area contributed by atoms with Gasteiger partial charge in [-0.05, 0) is 24.6 Å². The number of hydrogen-bond donors (Lipinski definition) is 3. The molecule has 1 aliphatic rings. The lowest BCUT2D eigenvalue weighted by molar-refractivity contribution is 0.0696. The summed E-state index contributed by atoms with van der Waals surface area (Å²) in [5.41, 5.74) is -0.275. The van der Waals surface area contributed by atoms with Crippen molar-refractivity contribution < 1.29 is 24.2 Å². The lowest BCUT2D eigenvalue weighted by Crippen LogP contribution is -2.33. The number of aromatic carboxylic acids is 1. The van der Waals surface area contributed by atoms with E-state index in [-0.39, 0.29) is 17.8 Å². The molecule has 6 nitrogen and oxygen atoms in total. The fourth-order valence-corrected chi connectivity index (χ4v) is 1.87. The summed E-state index contributed by atoms with van der Waals surface area (Å²) in [5, 5.41) is 20.3. The number of aliphatic hydroxyl groups is 1. The first kappa shape index (κ1) is 13.3. The molecular formula is C12H13FN2O4. The summed E-state index contributed by atoms with van der Waals surface area (Å²) in [6.07, 6.45) is -0.0570. The van der Waals surface area contributed by atoms with Crippen molar-refractivity contribution in [3.05, 3.63) is 29.6 Å². The molecule has 1 unspecified atom stereocenters. The van der Waals surface area contributed by atoms with Crippen molar-refractivity contribution in [1.82, 2.24) is 4.90 Å². The zero-order valence-corrected chi connectivity index (χ0v) is 9.97. The Kier molecular flexibility index (Phi) is 3.66. The highest BCUT2D eigenvalue weighted by molar-refractivity contribution is 5.92. The van der Waals surface area contributed by atoms with E-state index in [1.165, 1.54) is 17.0 Å². The Morgan fingerprint density at radius 2 is 2.16 bits per heavy atom. The maximum Gasteiger partial charge on any atom is 0.335 e. The van der Waals surface area contributed by atoms with Gasteiger partial charge in [0, 0.05) is 13.1 Å². The number of likely N-dealkylation sites (tertiary alicyclic amines) is 1. The predicted octanol–water partition coefficient (Wildman–Crippen LogP) is 1.12. The van der Waals surface area contributed by atoms with Crippen LogP contribution in [0.15, 0.2) is 18.2 Å². The topological polar surface area (TPSA) is 89.9 Å². The van der Waals surface area contributed by atoms with Crippen LogP contribution in [0.1, 0.15) is 16.8 Å². The van der Waals surface area contributed by atoms with Crippen molar-refractivity contribution in [2.24, 2.45) is 0 Å². The highest BCUT2D eigenvalue weighted by Crippen LogP contribution is 2.18. The summed E-state index contributed by atoms with van der Waals surface area (Å²) in [4.78, 5) is 23.8. The number of halogens is 1. The molecule has 7 heteroatoms. The smallest absolute Gasteiger partial charge is 0.335 e. The SMILES string of the molecule is O=C(O)c1ccc(NC(=O)N2CCC(O)C2)c(F)c1. The van der Waals surface area contributed by atoms with Crippen LogP contribution in [0.3, 0.4) is 0 Å². The normalized spacial score (nSPS) is 18.4. The van der Waals surface area contributed by atoms with Crippen LogP contribution >= 0.6 is 0 Å². The van der Waals surface area contributed by atoms with Gasteiger partial charge in [0.1, 0.15) is 5.82 Å². The highest BCUT2D eigenvalue weighted by atomic mass is 19.1. The average molecular weight is 268 g/mol. The van der Waals surface area contributed by atoms with E-state index in [0.29, 0.717) is 13.0 Å². The number of nitrogens with zero attached hydrogens (tertiary/aromatic N) is 1. The third kappa shape index (κ3) is 3.00. The molecule has 2 rings (SSSR count). The van der Waals surface area contributed by atoms with Gasteiger partial charge < -0.3 is 20.4 Å². The predicted molar refractivity (Wildman–Crippen MR) is 64.6 cm³/mol. The molecule has 0 aromatic heterocycles. The van der Waals surface area contributed by atoms with Crippen molar-refractivity contribution in [2.75, 3.05) is 18.4 Å². The van der Waals surface area contributed by atoms with Gasteiger partial charge >= 0.3 is 12.0 Å². The summed E-state index contributed by atoms with van der Waals surface area (Å²) in [6.45, 7) is 0.614. The highest BCUT2D eigenvalue weighted by Gasteiger charge is 2.25. The number of carbonyl (C=O) groups excluding carboxylic acids is 1. The lowest BCUT2D eigenvalue weighted by Gasteiger charge is -2.16. The standard InChI is InChI=1S/C12H13FN2O4/c13-9-5-7(11(17)18)1-2-10(9)14-12(19)15-4-3-8(16)6-15/h1-2,5,8,16H,3-4,6H2,(H,14,19)(H,17,18). The molecule has 1 atom stereocenters. The number of anilines is 1. The van der Waals surface area contributed by atoms with E-state index in [9.17, 15) is 19.1 Å². The fourth-order valence-electron chi connectivity index (χ4n) is 1.87. The minimum absolute atomic E-state index is 0.0867. The maximum absolute atomic E-state index is 13.6. The number of urea groups is 1. The van der Waals surface area contributed by atoms with Gasteiger partial charge in [0.05, 0.1) is 17.4 Å². The molecular weight excluding hydrogens is 255 g/mol. The number of β-amino-alcohol motifs (C(OH)–C–C–N with tert-alkyl or cyclic N) is 1. The number of benzene rings is 1. The maximum atomic E-state index is 13.6. The van der Waals surface area contributed by atoms with E-state index in [1.54, 1.807) is 0 Å². The molecule has 0 bridgehead atoms. The molecule has 0 saturated carbocycles. The van der Waals surface area contributed by atoms with Gasteiger partial charge in [0.25, 0.3) is 0 Å². The van der Waals surface area contributed by atoms with Gasteiger partial charge in [0.15, 0.2) is 0 Å². The van der Waals surface area contributed by atoms with Crippen LogP contribution in [0.2, 0.25) is 0 Å². The molecule has 0 radical (unpaired) electrons. The molecule has 1 fully saturated rings. The molecule has 3 N–H and O–H groups in total. The van der Waals surface area contributed by atoms with Crippen LogP contribution in [-0.4, -0.2) is 46.3 Å². The van der Waals surface area contributed by atoms with E-state index >= 15 is 0 Å². The van der Waals surface area contributed by atoms with E-state index in [2.05, 4.69) is 5.32 Å². The Hall–Kier alpha value is -2.15. The van der Waals surface area contributed by atoms with E-state index in [1.807, 2.05) is 0 Å². The summed E-state index contributed by atoms with van der Waals surface area (Å²) in [5.74, 6) is -2.05. The van der Waals surface area contributed by atoms with Crippen molar-refractivity contribution in [3.63, 3.8) is 0 Å². The zero-order valence-electron chi connectivity index (χ0n) is 9.97. The van der Waals surface area contributed by atoms with Crippen molar-refractivity contribution >= 4 is 17.7 Å². The molecule has 1 aromatic carbocycles. The second-order valence-electron chi connectivity index (χ2n) is 4.32. The van der Waals surface area contributed by atoms with Crippen LogP contribution < -0.4 is 5.32 Å². The first-order chi connectivity index (χ1) is 8.97. The van der Waals surface area contributed by atoms with Crippen molar-refractivity contribution in [1.29, 1.82) is 0 Å². The number of rotatable bonds is 2. The van der Waals surface area contributed by atoms with E-state index < -0.39 is 23.9 Å². The van der Waals surface area contributed by atoms with Gasteiger partial charge in [-0.3, -0.25) is 0 Å². The molecule has 19 heavy (non-hydrogen) atoms. The Morgan fingerprint density at radius 3 is 2.68 bits per heavy atom. The summed E-state index contributed by atoms with van der Waals surface area (Å²) in [7, 11) is 0. The number of amides is 2. The van der Waals surface area contributed by atoms with Crippen LogP contribution in [0, 0.1) is 5.82 Å². The average Bonchev–Trinajstić information content (AvgIpc) is 2.78. The second kappa shape index (κ2) is 5.23.